The molecular weight excluding hydrogens is 419 g/mol. The Morgan fingerprint density at radius 1 is 1.21 bits per heavy atom. The molecule has 152 valence electrons. The maximum absolute atomic E-state index is 13.3. The van der Waals surface area contributed by atoms with Gasteiger partial charge in [-0.25, -0.2) is 12.8 Å². The first kappa shape index (κ1) is 19.7. The van der Waals surface area contributed by atoms with E-state index < -0.39 is 15.8 Å². The average Bonchev–Trinajstić information content (AvgIpc) is 3.41. The first-order valence-electron chi connectivity index (χ1n) is 8.87. The van der Waals surface area contributed by atoms with E-state index in [1.165, 1.54) is 33.8 Å². The molecule has 8 nitrogen and oxygen atoms in total. The number of nitrogens with zero attached hydrogens (tertiary/aromatic N) is 3. The SMILES string of the molecule is O=C(Nc1nnc(-c2cccc(F)c2)o1)C1CCN(S(=O)(=O)c2cccs2)CC1. The Hall–Kier alpha value is -2.63. The van der Waals surface area contributed by atoms with Gasteiger partial charge in [0, 0.05) is 24.6 Å². The zero-order valence-corrected chi connectivity index (χ0v) is 16.7. The molecular formula is C18H17FN4O4S2. The van der Waals surface area contributed by atoms with E-state index in [1.54, 1.807) is 23.6 Å². The van der Waals surface area contributed by atoms with Gasteiger partial charge in [0.2, 0.25) is 11.8 Å². The van der Waals surface area contributed by atoms with Crippen LogP contribution in [0.2, 0.25) is 0 Å². The largest absolute Gasteiger partial charge is 0.403 e. The minimum Gasteiger partial charge on any atom is -0.403 e. The molecule has 0 radical (unpaired) electrons. The highest BCUT2D eigenvalue weighted by molar-refractivity contribution is 7.91. The van der Waals surface area contributed by atoms with E-state index >= 15 is 0 Å². The molecule has 0 saturated carbocycles. The van der Waals surface area contributed by atoms with Gasteiger partial charge in [-0.1, -0.05) is 17.2 Å². The van der Waals surface area contributed by atoms with Gasteiger partial charge in [-0.15, -0.1) is 16.4 Å². The fourth-order valence-electron chi connectivity index (χ4n) is 3.12. The van der Waals surface area contributed by atoms with Gasteiger partial charge < -0.3 is 4.42 Å². The third-order valence-electron chi connectivity index (χ3n) is 4.64. The van der Waals surface area contributed by atoms with E-state index in [9.17, 15) is 17.6 Å². The number of sulfonamides is 1. The summed E-state index contributed by atoms with van der Waals surface area (Å²) in [6.07, 6.45) is 0.780. The molecule has 2 aromatic heterocycles. The number of carbonyl (C=O) groups excluding carboxylic acids is 1. The maximum atomic E-state index is 13.3. The summed E-state index contributed by atoms with van der Waals surface area (Å²) in [6, 6.07) is 8.88. The van der Waals surface area contributed by atoms with Crippen molar-refractivity contribution in [1.29, 1.82) is 0 Å². The van der Waals surface area contributed by atoms with Gasteiger partial charge in [-0.3, -0.25) is 10.1 Å². The highest BCUT2D eigenvalue weighted by Gasteiger charge is 2.33. The van der Waals surface area contributed by atoms with Crippen LogP contribution in [0.25, 0.3) is 11.5 Å². The molecule has 1 aliphatic heterocycles. The number of carbonyl (C=O) groups is 1. The molecule has 1 saturated heterocycles. The number of rotatable bonds is 5. The van der Waals surface area contributed by atoms with Crippen molar-refractivity contribution < 1.29 is 22.0 Å². The second-order valence-electron chi connectivity index (χ2n) is 6.52. The van der Waals surface area contributed by atoms with E-state index in [0.717, 1.165) is 0 Å². The van der Waals surface area contributed by atoms with Crippen LogP contribution in [-0.4, -0.2) is 41.9 Å². The Bertz CT molecular complexity index is 1110. The second-order valence-corrected chi connectivity index (χ2v) is 9.63. The Labute approximate surface area is 170 Å². The molecule has 1 fully saturated rings. The Morgan fingerprint density at radius 3 is 2.69 bits per heavy atom. The number of benzene rings is 1. The molecule has 0 bridgehead atoms. The number of hydrogen-bond acceptors (Lipinski definition) is 7. The van der Waals surface area contributed by atoms with Crippen LogP contribution < -0.4 is 5.32 Å². The van der Waals surface area contributed by atoms with E-state index in [2.05, 4.69) is 15.5 Å². The first-order valence-corrected chi connectivity index (χ1v) is 11.2. The van der Waals surface area contributed by atoms with Gasteiger partial charge in [0.25, 0.3) is 10.0 Å². The topological polar surface area (TPSA) is 105 Å². The fraction of sp³-hybridized carbons (Fsp3) is 0.278. The number of anilines is 1. The molecule has 0 unspecified atom stereocenters. The van der Waals surface area contributed by atoms with Crippen LogP contribution in [0.5, 0.6) is 0 Å². The molecule has 1 aromatic carbocycles. The predicted molar refractivity (Wildman–Crippen MR) is 104 cm³/mol. The third kappa shape index (κ3) is 4.21. The van der Waals surface area contributed by atoms with Crippen molar-refractivity contribution in [2.24, 2.45) is 5.92 Å². The van der Waals surface area contributed by atoms with Crippen molar-refractivity contribution in [3.8, 4) is 11.5 Å². The molecule has 0 atom stereocenters. The normalized spacial score (nSPS) is 16.0. The van der Waals surface area contributed by atoms with E-state index in [-0.39, 0.29) is 36.8 Å². The van der Waals surface area contributed by atoms with Gasteiger partial charge in [0.15, 0.2) is 0 Å². The molecule has 0 spiro atoms. The summed E-state index contributed by atoms with van der Waals surface area (Å²) in [5.41, 5.74) is 0.407. The third-order valence-corrected chi connectivity index (χ3v) is 7.91. The first-order chi connectivity index (χ1) is 13.9. The van der Waals surface area contributed by atoms with Crippen LogP contribution in [0.1, 0.15) is 12.8 Å². The Morgan fingerprint density at radius 2 is 2.00 bits per heavy atom. The number of amides is 1. The Balaban J connectivity index is 1.36. The smallest absolute Gasteiger partial charge is 0.322 e. The average molecular weight is 436 g/mol. The van der Waals surface area contributed by atoms with Crippen molar-refractivity contribution >= 4 is 33.3 Å². The summed E-state index contributed by atoms with van der Waals surface area (Å²) in [5, 5.41) is 11.9. The highest BCUT2D eigenvalue weighted by atomic mass is 32.2. The van der Waals surface area contributed by atoms with Crippen LogP contribution in [0.15, 0.2) is 50.4 Å². The van der Waals surface area contributed by atoms with E-state index in [0.29, 0.717) is 22.6 Å². The van der Waals surface area contributed by atoms with Crippen LogP contribution in [0.3, 0.4) is 0 Å². The number of hydrogen-bond donors (Lipinski definition) is 1. The monoisotopic (exact) mass is 436 g/mol. The van der Waals surface area contributed by atoms with Gasteiger partial charge in [-0.2, -0.15) is 4.31 Å². The fourth-order valence-corrected chi connectivity index (χ4v) is 5.73. The molecule has 29 heavy (non-hydrogen) atoms. The number of nitrogens with one attached hydrogen (secondary N) is 1. The van der Waals surface area contributed by atoms with Crippen molar-refractivity contribution in [3.63, 3.8) is 0 Å². The van der Waals surface area contributed by atoms with Crippen molar-refractivity contribution in [3.05, 3.63) is 47.6 Å². The lowest BCUT2D eigenvalue weighted by Crippen LogP contribution is -2.41. The summed E-state index contributed by atoms with van der Waals surface area (Å²) in [4.78, 5) is 12.5. The molecule has 1 aliphatic rings. The lowest BCUT2D eigenvalue weighted by Gasteiger charge is -2.29. The van der Waals surface area contributed by atoms with Gasteiger partial charge in [0.1, 0.15) is 10.0 Å². The molecule has 1 amide bonds. The lowest BCUT2D eigenvalue weighted by atomic mass is 9.97. The van der Waals surface area contributed by atoms with Crippen LogP contribution in [0, 0.1) is 11.7 Å². The number of aromatic nitrogens is 2. The van der Waals surface area contributed by atoms with Gasteiger partial charge in [-0.05, 0) is 42.5 Å². The highest BCUT2D eigenvalue weighted by Crippen LogP contribution is 2.27. The van der Waals surface area contributed by atoms with Gasteiger partial charge >= 0.3 is 6.01 Å². The minimum absolute atomic E-state index is 0.0807. The van der Waals surface area contributed by atoms with E-state index in [1.807, 2.05) is 0 Å². The van der Waals surface area contributed by atoms with Gasteiger partial charge in [0.05, 0.1) is 0 Å². The Kier molecular flexibility index (Phi) is 5.43. The zero-order valence-electron chi connectivity index (χ0n) is 15.1. The second kappa shape index (κ2) is 8.01. The molecule has 3 aromatic rings. The summed E-state index contributed by atoms with van der Waals surface area (Å²) in [7, 11) is -3.51. The molecule has 11 heteroatoms. The maximum Gasteiger partial charge on any atom is 0.322 e. The minimum atomic E-state index is -3.51. The lowest BCUT2D eigenvalue weighted by molar-refractivity contribution is -0.121. The van der Waals surface area contributed by atoms with Crippen LogP contribution in [-0.2, 0) is 14.8 Å². The molecule has 1 N–H and O–H groups in total. The van der Waals surface area contributed by atoms with Crippen molar-refractivity contribution in [2.45, 2.75) is 17.1 Å². The molecule has 0 aliphatic carbocycles. The summed E-state index contributed by atoms with van der Waals surface area (Å²) >= 11 is 1.17. The molecule has 4 rings (SSSR count). The quantitative estimate of drug-likeness (QED) is 0.659. The predicted octanol–water partition coefficient (Wildman–Crippen LogP) is 2.98. The molecule has 3 heterocycles. The number of piperidine rings is 1. The van der Waals surface area contributed by atoms with Crippen LogP contribution >= 0.6 is 11.3 Å². The number of thiophene rings is 1. The summed E-state index contributed by atoms with van der Waals surface area (Å²) in [5.74, 6) is -1.02. The standard InChI is InChI=1S/C18H17FN4O4S2/c19-14-4-1-3-13(11-14)17-21-22-18(27-17)20-16(24)12-6-8-23(9-7-12)29(25,26)15-5-2-10-28-15/h1-5,10-12H,6-9H2,(H,20,22,24). The zero-order chi connectivity index (χ0) is 20.4. The summed E-state index contributed by atoms with van der Waals surface area (Å²) in [6.45, 7) is 0.521. The van der Waals surface area contributed by atoms with Crippen LogP contribution in [0.4, 0.5) is 10.4 Å². The number of halogens is 1. The summed E-state index contributed by atoms with van der Waals surface area (Å²) < 4.78 is 45.5. The van der Waals surface area contributed by atoms with Crippen molar-refractivity contribution in [2.75, 3.05) is 18.4 Å². The van der Waals surface area contributed by atoms with Crippen molar-refractivity contribution in [1.82, 2.24) is 14.5 Å². The van der Waals surface area contributed by atoms with E-state index in [4.69, 9.17) is 4.42 Å².